The van der Waals surface area contributed by atoms with E-state index in [9.17, 15) is 13.2 Å². The molecule has 4 aromatic rings. The van der Waals surface area contributed by atoms with E-state index in [2.05, 4.69) is 9.97 Å². The lowest BCUT2D eigenvalue weighted by Crippen LogP contribution is -2.30. The fourth-order valence-electron chi connectivity index (χ4n) is 3.35. The molecule has 0 aliphatic heterocycles. The van der Waals surface area contributed by atoms with Crippen molar-refractivity contribution >= 4 is 54.0 Å². The zero-order valence-electron chi connectivity index (χ0n) is 17.9. The van der Waals surface area contributed by atoms with E-state index in [-0.39, 0.29) is 29.4 Å². The number of halogens is 1. The SMILES string of the molecule is Cc1ccc(S(=O)(=O)CCCC(=O)N(Cc2cccnc2)c2nc3ccc(Cl)cc3s2)cc1. The van der Waals surface area contributed by atoms with Crippen molar-refractivity contribution in [2.75, 3.05) is 10.7 Å². The van der Waals surface area contributed by atoms with Crippen LogP contribution in [-0.2, 0) is 21.2 Å². The number of pyridine rings is 1. The lowest BCUT2D eigenvalue weighted by Gasteiger charge is -2.20. The molecule has 0 fully saturated rings. The van der Waals surface area contributed by atoms with Crippen molar-refractivity contribution in [2.45, 2.75) is 31.2 Å². The summed E-state index contributed by atoms with van der Waals surface area (Å²) in [5.41, 5.74) is 2.60. The van der Waals surface area contributed by atoms with Crippen molar-refractivity contribution in [3.8, 4) is 0 Å². The monoisotopic (exact) mass is 499 g/mol. The predicted molar refractivity (Wildman–Crippen MR) is 133 cm³/mol. The fraction of sp³-hybridized carbons (Fsp3) is 0.208. The average Bonchev–Trinajstić information content (AvgIpc) is 3.21. The second-order valence-corrected chi connectivity index (χ2v) is 11.2. The van der Waals surface area contributed by atoms with E-state index in [1.807, 2.05) is 31.2 Å². The van der Waals surface area contributed by atoms with E-state index in [1.54, 1.807) is 47.6 Å². The molecule has 0 bridgehead atoms. The summed E-state index contributed by atoms with van der Waals surface area (Å²) in [6.45, 7) is 2.20. The fourth-order valence-corrected chi connectivity index (χ4v) is 5.92. The molecule has 33 heavy (non-hydrogen) atoms. The molecule has 170 valence electrons. The van der Waals surface area contributed by atoms with Crippen LogP contribution in [0.1, 0.15) is 24.0 Å². The molecule has 1 amide bonds. The summed E-state index contributed by atoms with van der Waals surface area (Å²) in [7, 11) is -3.46. The Morgan fingerprint density at radius 3 is 2.64 bits per heavy atom. The maximum atomic E-state index is 13.2. The number of sulfone groups is 1. The smallest absolute Gasteiger partial charge is 0.229 e. The summed E-state index contributed by atoms with van der Waals surface area (Å²) in [5, 5.41) is 1.15. The molecule has 0 saturated carbocycles. The first-order valence-corrected chi connectivity index (χ1v) is 13.2. The van der Waals surface area contributed by atoms with Crippen molar-refractivity contribution < 1.29 is 13.2 Å². The van der Waals surface area contributed by atoms with Gasteiger partial charge in [-0.1, -0.05) is 46.7 Å². The zero-order valence-corrected chi connectivity index (χ0v) is 20.3. The molecular weight excluding hydrogens is 478 g/mol. The molecular formula is C24H22ClN3O3S2. The topological polar surface area (TPSA) is 80.2 Å². The number of fused-ring (bicyclic) bond motifs is 1. The summed E-state index contributed by atoms with van der Waals surface area (Å²) in [4.78, 5) is 23.8. The number of carbonyl (C=O) groups is 1. The van der Waals surface area contributed by atoms with Crippen molar-refractivity contribution in [2.24, 2.45) is 0 Å². The number of rotatable bonds is 8. The lowest BCUT2D eigenvalue weighted by atomic mass is 10.2. The van der Waals surface area contributed by atoms with Gasteiger partial charge in [0, 0.05) is 23.8 Å². The van der Waals surface area contributed by atoms with Gasteiger partial charge in [0.2, 0.25) is 5.91 Å². The van der Waals surface area contributed by atoms with Gasteiger partial charge in [-0.25, -0.2) is 13.4 Å². The third-order valence-electron chi connectivity index (χ3n) is 5.12. The van der Waals surface area contributed by atoms with Gasteiger partial charge in [-0.05, 0) is 55.3 Å². The van der Waals surface area contributed by atoms with Gasteiger partial charge in [0.25, 0.3) is 0 Å². The molecule has 0 aliphatic carbocycles. The van der Waals surface area contributed by atoms with Crippen LogP contribution in [0.4, 0.5) is 5.13 Å². The summed E-state index contributed by atoms with van der Waals surface area (Å²) in [6, 6.07) is 15.8. The highest BCUT2D eigenvalue weighted by Gasteiger charge is 2.22. The molecule has 0 unspecified atom stereocenters. The minimum absolute atomic E-state index is 0.0854. The number of nitrogens with zero attached hydrogens (tertiary/aromatic N) is 3. The standard InChI is InChI=1S/C24H22ClN3O3S2/c1-17-6-9-20(10-7-17)33(30,31)13-3-5-23(29)28(16-18-4-2-12-26-15-18)24-27-21-11-8-19(25)14-22(21)32-24/h2,4,6-12,14-15H,3,5,13,16H2,1H3. The van der Waals surface area contributed by atoms with Crippen LogP contribution in [0.2, 0.25) is 5.02 Å². The van der Waals surface area contributed by atoms with Gasteiger partial charge in [0.15, 0.2) is 15.0 Å². The Hall–Kier alpha value is -2.81. The highest BCUT2D eigenvalue weighted by Crippen LogP contribution is 2.32. The van der Waals surface area contributed by atoms with Crippen LogP contribution < -0.4 is 4.90 Å². The Labute approximate surface area is 201 Å². The van der Waals surface area contributed by atoms with Gasteiger partial charge in [-0.3, -0.25) is 14.7 Å². The van der Waals surface area contributed by atoms with E-state index in [0.29, 0.717) is 16.7 Å². The number of hydrogen-bond donors (Lipinski definition) is 0. The quantitative estimate of drug-likeness (QED) is 0.322. The van der Waals surface area contributed by atoms with Gasteiger partial charge in [0.05, 0.1) is 27.4 Å². The number of benzene rings is 2. The normalized spacial score (nSPS) is 11.6. The van der Waals surface area contributed by atoms with E-state index >= 15 is 0 Å². The molecule has 2 aromatic carbocycles. The molecule has 0 atom stereocenters. The highest BCUT2D eigenvalue weighted by atomic mass is 35.5. The molecule has 0 radical (unpaired) electrons. The Bertz CT molecular complexity index is 1370. The molecule has 0 N–H and O–H groups in total. The summed E-state index contributed by atoms with van der Waals surface area (Å²) in [6.07, 6.45) is 3.68. The van der Waals surface area contributed by atoms with Crippen LogP contribution in [0.15, 0.2) is 71.9 Å². The number of hydrogen-bond acceptors (Lipinski definition) is 6. The minimum Gasteiger partial charge on any atom is -0.284 e. The molecule has 4 rings (SSSR count). The Morgan fingerprint density at radius 2 is 1.91 bits per heavy atom. The maximum absolute atomic E-state index is 13.2. The van der Waals surface area contributed by atoms with Crippen LogP contribution in [-0.4, -0.2) is 30.0 Å². The minimum atomic E-state index is -3.46. The predicted octanol–water partition coefficient (Wildman–Crippen LogP) is 5.44. The second kappa shape index (κ2) is 9.99. The third-order valence-corrected chi connectivity index (χ3v) is 8.21. The number of carbonyl (C=O) groups excluding carboxylic acids is 1. The molecule has 2 aromatic heterocycles. The number of amides is 1. The lowest BCUT2D eigenvalue weighted by molar-refractivity contribution is -0.118. The van der Waals surface area contributed by atoms with Crippen LogP contribution in [0.25, 0.3) is 10.2 Å². The second-order valence-electron chi connectivity index (χ2n) is 7.69. The Kier molecular flexibility index (Phi) is 7.07. The van der Waals surface area contributed by atoms with Gasteiger partial charge >= 0.3 is 0 Å². The number of aryl methyl sites for hydroxylation is 1. The number of thiazole rings is 1. The molecule has 2 heterocycles. The Balaban J connectivity index is 1.52. The van der Waals surface area contributed by atoms with Gasteiger partial charge < -0.3 is 0 Å². The van der Waals surface area contributed by atoms with E-state index in [0.717, 1.165) is 21.3 Å². The van der Waals surface area contributed by atoms with Crippen molar-refractivity contribution in [1.29, 1.82) is 0 Å². The van der Waals surface area contributed by atoms with Crippen LogP contribution in [0.5, 0.6) is 0 Å². The number of aromatic nitrogens is 2. The summed E-state index contributed by atoms with van der Waals surface area (Å²) >= 11 is 7.48. The van der Waals surface area contributed by atoms with Crippen molar-refractivity contribution in [3.05, 3.63) is 83.1 Å². The number of anilines is 1. The first-order chi connectivity index (χ1) is 15.8. The third kappa shape index (κ3) is 5.76. The van der Waals surface area contributed by atoms with E-state index in [4.69, 9.17) is 11.6 Å². The van der Waals surface area contributed by atoms with Crippen molar-refractivity contribution in [1.82, 2.24) is 9.97 Å². The van der Waals surface area contributed by atoms with Crippen LogP contribution in [0.3, 0.4) is 0 Å². The molecule has 0 saturated heterocycles. The molecule has 6 nitrogen and oxygen atoms in total. The van der Waals surface area contributed by atoms with Crippen LogP contribution in [0, 0.1) is 6.92 Å². The van der Waals surface area contributed by atoms with Gasteiger partial charge in [-0.15, -0.1) is 0 Å². The average molecular weight is 500 g/mol. The maximum Gasteiger partial charge on any atom is 0.229 e. The van der Waals surface area contributed by atoms with Gasteiger partial charge in [-0.2, -0.15) is 0 Å². The summed E-state index contributed by atoms with van der Waals surface area (Å²) < 4.78 is 26.2. The van der Waals surface area contributed by atoms with E-state index in [1.165, 1.54) is 11.3 Å². The summed E-state index contributed by atoms with van der Waals surface area (Å²) in [5.74, 6) is -0.291. The zero-order chi connectivity index (χ0) is 23.4. The largest absolute Gasteiger partial charge is 0.284 e. The Morgan fingerprint density at radius 1 is 1.12 bits per heavy atom. The molecule has 0 spiro atoms. The highest BCUT2D eigenvalue weighted by molar-refractivity contribution is 7.91. The first kappa shape index (κ1) is 23.4. The van der Waals surface area contributed by atoms with Crippen LogP contribution >= 0.6 is 22.9 Å². The molecule has 0 aliphatic rings. The molecule has 9 heteroatoms. The van der Waals surface area contributed by atoms with E-state index < -0.39 is 9.84 Å². The van der Waals surface area contributed by atoms with Gasteiger partial charge in [0.1, 0.15) is 0 Å². The first-order valence-electron chi connectivity index (χ1n) is 10.4. The van der Waals surface area contributed by atoms with Crippen molar-refractivity contribution in [3.63, 3.8) is 0 Å².